The predicted molar refractivity (Wildman–Crippen MR) is 82.9 cm³/mol. The number of halogens is 1. The summed E-state index contributed by atoms with van der Waals surface area (Å²) < 4.78 is 28.7. The van der Waals surface area contributed by atoms with Crippen LogP contribution in [0.15, 0.2) is 28.0 Å². The van der Waals surface area contributed by atoms with Crippen molar-refractivity contribution in [3.63, 3.8) is 0 Å². The van der Waals surface area contributed by atoms with Gasteiger partial charge in [-0.2, -0.15) is 16.4 Å². The first kappa shape index (κ1) is 15.0. The van der Waals surface area contributed by atoms with Crippen molar-refractivity contribution in [1.29, 1.82) is 0 Å². The Morgan fingerprint density at radius 3 is 2.86 bits per heavy atom. The molecule has 1 fully saturated rings. The molecule has 0 aliphatic heterocycles. The molecule has 0 amide bonds. The number of nitrogens with zero attached hydrogens (tertiary/aromatic N) is 2. The lowest BCUT2D eigenvalue weighted by Gasteiger charge is -2.24. The SMILES string of the molecule is O=S(=O)(NCc1cscc1Cl)c1cnn(CC2CCC2)c1. The van der Waals surface area contributed by atoms with Gasteiger partial charge in [-0.1, -0.05) is 18.0 Å². The van der Waals surface area contributed by atoms with E-state index in [1.165, 1.54) is 36.8 Å². The summed E-state index contributed by atoms with van der Waals surface area (Å²) in [5.41, 5.74) is 0.784. The molecular weight excluding hydrogens is 330 g/mol. The van der Waals surface area contributed by atoms with Gasteiger partial charge in [0.05, 0.1) is 11.2 Å². The van der Waals surface area contributed by atoms with Crippen molar-refractivity contribution >= 4 is 33.0 Å². The van der Waals surface area contributed by atoms with Gasteiger partial charge in [0.1, 0.15) is 4.90 Å². The predicted octanol–water partition coefficient (Wildman–Crippen LogP) is 2.88. The van der Waals surface area contributed by atoms with Gasteiger partial charge in [0.15, 0.2) is 0 Å². The van der Waals surface area contributed by atoms with E-state index in [1.54, 1.807) is 16.3 Å². The fraction of sp³-hybridized carbons (Fsp3) is 0.462. The van der Waals surface area contributed by atoms with E-state index in [-0.39, 0.29) is 11.4 Å². The highest BCUT2D eigenvalue weighted by molar-refractivity contribution is 7.89. The zero-order valence-corrected chi connectivity index (χ0v) is 13.7. The van der Waals surface area contributed by atoms with Crippen LogP contribution in [0.25, 0.3) is 0 Å². The molecule has 2 aromatic rings. The number of hydrogen-bond acceptors (Lipinski definition) is 4. The van der Waals surface area contributed by atoms with Crippen LogP contribution in [0.5, 0.6) is 0 Å². The van der Waals surface area contributed by atoms with E-state index in [0.29, 0.717) is 10.9 Å². The normalized spacial score (nSPS) is 16.0. The maximum absolute atomic E-state index is 12.2. The molecule has 0 spiro atoms. The highest BCUT2D eigenvalue weighted by Gasteiger charge is 2.21. The van der Waals surface area contributed by atoms with Gasteiger partial charge in [0.25, 0.3) is 0 Å². The fourth-order valence-electron chi connectivity index (χ4n) is 2.21. The van der Waals surface area contributed by atoms with Gasteiger partial charge >= 0.3 is 0 Å². The van der Waals surface area contributed by atoms with Crippen LogP contribution in [-0.2, 0) is 23.1 Å². The molecule has 0 aromatic carbocycles. The van der Waals surface area contributed by atoms with Crippen molar-refractivity contribution in [2.24, 2.45) is 5.92 Å². The van der Waals surface area contributed by atoms with E-state index < -0.39 is 10.0 Å². The van der Waals surface area contributed by atoms with Gasteiger partial charge in [-0.25, -0.2) is 13.1 Å². The first-order valence-electron chi connectivity index (χ1n) is 6.77. The molecule has 2 aromatic heterocycles. The van der Waals surface area contributed by atoms with E-state index in [1.807, 2.05) is 5.38 Å². The molecule has 0 atom stereocenters. The first-order valence-corrected chi connectivity index (χ1v) is 9.58. The molecule has 0 bridgehead atoms. The standard InChI is InChI=1S/C13H16ClN3O2S2/c14-13-9-20-8-11(13)4-16-21(18,19)12-5-15-17(7-12)6-10-2-1-3-10/h5,7-10,16H,1-4,6H2. The average Bonchev–Trinajstić information content (AvgIpc) is 3.01. The summed E-state index contributed by atoms with van der Waals surface area (Å²) in [7, 11) is -3.54. The lowest BCUT2D eigenvalue weighted by molar-refractivity contribution is 0.266. The lowest BCUT2D eigenvalue weighted by atomic mass is 9.85. The van der Waals surface area contributed by atoms with Crippen LogP contribution < -0.4 is 4.72 Å². The van der Waals surface area contributed by atoms with Crippen LogP contribution in [0.4, 0.5) is 0 Å². The van der Waals surface area contributed by atoms with Crippen molar-refractivity contribution in [3.05, 3.63) is 33.7 Å². The highest BCUT2D eigenvalue weighted by atomic mass is 35.5. The number of hydrogen-bond donors (Lipinski definition) is 1. The van der Waals surface area contributed by atoms with Crippen LogP contribution in [0.3, 0.4) is 0 Å². The summed E-state index contributed by atoms with van der Waals surface area (Å²) in [6.07, 6.45) is 6.67. The number of thiophene rings is 1. The molecule has 8 heteroatoms. The Bertz CT molecular complexity index is 719. The van der Waals surface area contributed by atoms with Gasteiger partial charge in [-0.05, 0) is 29.7 Å². The second kappa shape index (κ2) is 6.08. The monoisotopic (exact) mass is 345 g/mol. The summed E-state index contributed by atoms with van der Waals surface area (Å²) in [4.78, 5) is 0.202. The fourth-order valence-corrected chi connectivity index (χ4v) is 4.23. The van der Waals surface area contributed by atoms with E-state index in [2.05, 4.69) is 9.82 Å². The second-order valence-corrected chi connectivity index (χ2v) is 8.18. The van der Waals surface area contributed by atoms with Gasteiger partial charge in [-0.3, -0.25) is 4.68 Å². The number of aromatic nitrogens is 2. The molecular formula is C13H16ClN3O2S2. The third-order valence-electron chi connectivity index (χ3n) is 3.73. The van der Waals surface area contributed by atoms with E-state index in [0.717, 1.165) is 12.1 Å². The largest absolute Gasteiger partial charge is 0.271 e. The Kier molecular flexibility index (Phi) is 4.35. The van der Waals surface area contributed by atoms with Crippen molar-refractivity contribution in [2.45, 2.75) is 37.2 Å². The number of sulfonamides is 1. The van der Waals surface area contributed by atoms with Crippen LogP contribution in [0.2, 0.25) is 5.02 Å². The Morgan fingerprint density at radius 2 is 2.24 bits per heavy atom. The quantitative estimate of drug-likeness (QED) is 0.875. The molecule has 21 heavy (non-hydrogen) atoms. The van der Waals surface area contributed by atoms with Crippen molar-refractivity contribution in [3.8, 4) is 0 Å². The summed E-state index contributed by atoms with van der Waals surface area (Å²) in [5.74, 6) is 0.637. The number of rotatable bonds is 6. The number of nitrogens with one attached hydrogen (secondary N) is 1. The minimum atomic E-state index is -3.54. The molecule has 1 N–H and O–H groups in total. The van der Waals surface area contributed by atoms with Crippen molar-refractivity contribution in [1.82, 2.24) is 14.5 Å². The summed E-state index contributed by atoms with van der Waals surface area (Å²) in [6.45, 7) is 0.990. The van der Waals surface area contributed by atoms with Crippen LogP contribution >= 0.6 is 22.9 Å². The maximum atomic E-state index is 12.2. The van der Waals surface area contributed by atoms with Crippen LogP contribution in [0, 0.1) is 5.92 Å². The van der Waals surface area contributed by atoms with Crippen LogP contribution in [0.1, 0.15) is 24.8 Å². The van der Waals surface area contributed by atoms with E-state index in [4.69, 9.17) is 11.6 Å². The van der Waals surface area contributed by atoms with E-state index >= 15 is 0 Å². The van der Waals surface area contributed by atoms with Crippen molar-refractivity contribution < 1.29 is 8.42 Å². The first-order chi connectivity index (χ1) is 10.0. The Balaban J connectivity index is 1.65. The van der Waals surface area contributed by atoms with Crippen molar-refractivity contribution in [2.75, 3.05) is 0 Å². The minimum Gasteiger partial charge on any atom is -0.271 e. The summed E-state index contributed by atoms with van der Waals surface area (Å²) >= 11 is 7.41. The average molecular weight is 346 g/mol. The zero-order valence-electron chi connectivity index (χ0n) is 11.3. The van der Waals surface area contributed by atoms with Gasteiger partial charge < -0.3 is 0 Å². The molecule has 0 unspecified atom stereocenters. The molecule has 5 nitrogen and oxygen atoms in total. The Labute approximate surface area is 133 Å². The molecule has 0 radical (unpaired) electrons. The van der Waals surface area contributed by atoms with Crippen LogP contribution in [-0.4, -0.2) is 18.2 Å². The molecule has 0 saturated heterocycles. The highest BCUT2D eigenvalue weighted by Crippen LogP contribution is 2.27. The maximum Gasteiger partial charge on any atom is 0.243 e. The molecule has 3 rings (SSSR count). The molecule has 114 valence electrons. The Hall–Kier alpha value is -0.890. The summed E-state index contributed by atoms with van der Waals surface area (Å²) in [6, 6.07) is 0. The zero-order chi connectivity index (χ0) is 14.9. The second-order valence-electron chi connectivity index (χ2n) is 5.26. The third-order valence-corrected chi connectivity index (χ3v) is 6.36. The summed E-state index contributed by atoms with van der Waals surface area (Å²) in [5, 5.41) is 8.34. The Morgan fingerprint density at radius 1 is 1.43 bits per heavy atom. The molecule has 2 heterocycles. The van der Waals surface area contributed by atoms with Gasteiger partial charge in [0, 0.05) is 24.7 Å². The van der Waals surface area contributed by atoms with Gasteiger partial charge in [-0.15, -0.1) is 0 Å². The molecule has 1 saturated carbocycles. The lowest BCUT2D eigenvalue weighted by Crippen LogP contribution is -2.23. The topological polar surface area (TPSA) is 64.0 Å². The minimum absolute atomic E-state index is 0.193. The molecule has 1 aliphatic carbocycles. The molecule has 1 aliphatic rings. The van der Waals surface area contributed by atoms with Gasteiger partial charge in [0.2, 0.25) is 10.0 Å². The van der Waals surface area contributed by atoms with E-state index in [9.17, 15) is 8.42 Å². The smallest absolute Gasteiger partial charge is 0.243 e. The third kappa shape index (κ3) is 3.48.